The summed E-state index contributed by atoms with van der Waals surface area (Å²) in [6, 6.07) is 6.03. The molecule has 2 amide bonds. The summed E-state index contributed by atoms with van der Waals surface area (Å²) in [7, 11) is 0. The van der Waals surface area contributed by atoms with Gasteiger partial charge in [0.1, 0.15) is 11.8 Å². The second-order valence-corrected chi connectivity index (χ2v) is 6.67. The number of morpholine rings is 1. The van der Waals surface area contributed by atoms with Crippen LogP contribution in [0.15, 0.2) is 24.3 Å². The molecule has 0 aliphatic carbocycles. The van der Waals surface area contributed by atoms with Crippen molar-refractivity contribution in [2.75, 3.05) is 19.6 Å². The van der Waals surface area contributed by atoms with Gasteiger partial charge in [-0.1, -0.05) is 12.1 Å². The number of amides is 2. The average Bonchev–Trinajstić information content (AvgIpc) is 3.02. The Balaban J connectivity index is 1.77. The number of carbonyl (C=O) groups is 2. The highest BCUT2D eigenvalue weighted by Crippen LogP contribution is 2.26. The molecule has 2 aliphatic rings. The van der Waals surface area contributed by atoms with Gasteiger partial charge in [0.15, 0.2) is 0 Å². The maximum atomic E-state index is 12.9. The van der Waals surface area contributed by atoms with Gasteiger partial charge in [-0.3, -0.25) is 9.59 Å². The third kappa shape index (κ3) is 3.24. The number of phenolic OH excluding ortho intramolecular Hbond substituents is 1. The average molecular weight is 332 g/mol. The minimum absolute atomic E-state index is 0.00132. The van der Waals surface area contributed by atoms with E-state index in [1.807, 2.05) is 13.8 Å². The Bertz CT molecular complexity index is 623. The summed E-state index contributed by atoms with van der Waals surface area (Å²) in [5, 5.41) is 9.92. The van der Waals surface area contributed by atoms with Crippen LogP contribution in [0, 0.1) is 0 Å². The molecule has 0 bridgehead atoms. The molecule has 2 heterocycles. The van der Waals surface area contributed by atoms with Crippen LogP contribution in [0.1, 0.15) is 37.0 Å². The maximum absolute atomic E-state index is 12.9. The Morgan fingerprint density at radius 2 is 1.83 bits per heavy atom. The molecule has 6 nitrogen and oxygen atoms in total. The van der Waals surface area contributed by atoms with Gasteiger partial charge in [0.2, 0.25) is 5.91 Å². The fourth-order valence-electron chi connectivity index (χ4n) is 3.64. The number of nitrogens with zero attached hydrogens (tertiary/aromatic N) is 2. The molecule has 6 heteroatoms. The van der Waals surface area contributed by atoms with Gasteiger partial charge in [-0.2, -0.15) is 0 Å². The summed E-state index contributed by atoms with van der Waals surface area (Å²) >= 11 is 0. The summed E-state index contributed by atoms with van der Waals surface area (Å²) in [4.78, 5) is 29.1. The zero-order chi connectivity index (χ0) is 17.3. The summed E-state index contributed by atoms with van der Waals surface area (Å²) in [6.45, 7) is 5.56. The molecule has 3 rings (SSSR count). The molecule has 2 saturated heterocycles. The lowest BCUT2D eigenvalue weighted by Crippen LogP contribution is -2.54. The van der Waals surface area contributed by atoms with Crippen LogP contribution < -0.4 is 0 Å². The van der Waals surface area contributed by atoms with E-state index in [1.165, 1.54) is 6.07 Å². The monoisotopic (exact) mass is 332 g/mol. The van der Waals surface area contributed by atoms with Crippen LogP contribution in [0.3, 0.4) is 0 Å². The zero-order valence-corrected chi connectivity index (χ0v) is 14.1. The number of ether oxygens (including phenoxy) is 1. The number of aromatic hydroxyl groups is 1. The number of benzene rings is 1. The first-order chi connectivity index (χ1) is 11.5. The molecule has 0 spiro atoms. The van der Waals surface area contributed by atoms with Crippen molar-refractivity contribution in [3.63, 3.8) is 0 Å². The molecule has 1 aromatic carbocycles. The van der Waals surface area contributed by atoms with Gasteiger partial charge in [-0.15, -0.1) is 0 Å². The Kier molecular flexibility index (Phi) is 4.76. The molecule has 0 unspecified atom stereocenters. The standard InChI is InChI=1S/C18H24N2O4/c1-12-10-19(11-13(2)24-12)18(23)15-7-5-9-20(15)17(22)14-6-3-4-8-16(14)21/h3-4,6,8,12-13,15,21H,5,7,9-11H2,1-2H3/t12-,13+,15-/m1/s1. The lowest BCUT2D eigenvalue weighted by Gasteiger charge is -2.38. The molecule has 0 radical (unpaired) electrons. The van der Waals surface area contributed by atoms with Crippen molar-refractivity contribution in [3.8, 4) is 5.75 Å². The Morgan fingerprint density at radius 3 is 2.50 bits per heavy atom. The molecule has 3 atom stereocenters. The number of hydrogen-bond donors (Lipinski definition) is 1. The first-order valence-electron chi connectivity index (χ1n) is 8.50. The maximum Gasteiger partial charge on any atom is 0.258 e. The minimum Gasteiger partial charge on any atom is -0.507 e. The second-order valence-electron chi connectivity index (χ2n) is 6.67. The van der Waals surface area contributed by atoms with Gasteiger partial charge in [-0.25, -0.2) is 0 Å². The topological polar surface area (TPSA) is 70.1 Å². The smallest absolute Gasteiger partial charge is 0.258 e. The van der Waals surface area contributed by atoms with Gasteiger partial charge < -0.3 is 19.6 Å². The van der Waals surface area contributed by atoms with Crippen molar-refractivity contribution >= 4 is 11.8 Å². The van der Waals surface area contributed by atoms with Crippen LogP contribution in [-0.4, -0.2) is 64.6 Å². The van der Waals surface area contributed by atoms with E-state index in [1.54, 1.807) is 28.0 Å². The number of carbonyl (C=O) groups excluding carboxylic acids is 2. The predicted octanol–water partition coefficient (Wildman–Crippen LogP) is 1.63. The molecule has 1 aromatic rings. The van der Waals surface area contributed by atoms with Gasteiger partial charge in [0, 0.05) is 19.6 Å². The van der Waals surface area contributed by atoms with E-state index >= 15 is 0 Å². The lowest BCUT2D eigenvalue weighted by atomic mass is 10.1. The Labute approximate surface area is 142 Å². The van der Waals surface area contributed by atoms with E-state index < -0.39 is 6.04 Å². The first-order valence-corrected chi connectivity index (χ1v) is 8.50. The normalized spacial score (nSPS) is 27.3. The van der Waals surface area contributed by atoms with Crippen molar-refractivity contribution in [3.05, 3.63) is 29.8 Å². The summed E-state index contributed by atoms with van der Waals surface area (Å²) < 4.78 is 5.68. The van der Waals surface area contributed by atoms with Crippen LogP contribution in [0.25, 0.3) is 0 Å². The summed E-state index contributed by atoms with van der Waals surface area (Å²) in [5.41, 5.74) is 0.251. The van der Waals surface area contributed by atoms with Crippen molar-refractivity contribution in [2.24, 2.45) is 0 Å². The van der Waals surface area contributed by atoms with E-state index in [2.05, 4.69) is 0 Å². The van der Waals surface area contributed by atoms with Crippen molar-refractivity contribution in [1.82, 2.24) is 9.80 Å². The molecule has 0 aromatic heterocycles. The van der Waals surface area contributed by atoms with Gasteiger partial charge >= 0.3 is 0 Å². The summed E-state index contributed by atoms with van der Waals surface area (Å²) in [5.74, 6) is -0.342. The number of hydrogen-bond acceptors (Lipinski definition) is 4. The van der Waals surface area contributed by atoms with Crippen LogP contribution in [0.5, 0.6) is 5.75 Å². The van der Waals surface area contributed by atoms with Gasteiger partial charge in [0.05, 0.1) is 17.8 Å². The van der Waals surface area contributed by atoms with E-state index in [9.17, 15) is 14.7 Å². The SMILES string of the molecule is C[C@@H]1CN(C(=O)[C@H]2CCCN2C(=O)c2ccccc2O)C[C@H](C)O1. The molecule has 0 saturated carbocycles. The number of phenols is 1. The molecular formula is C18H24N2O4. The number of para-hydroxylation sites is 1. The first kappa shape index (κ1) is 16.8. The predicted molar refractivity (Wildman–Crippen MR) is 88.8 cm³/mol. The van der Waals surface area contributed by atoms with Crippen LogP contribution in [0.4, 0.5) is 0 Å². The molecule has 1 N–H and O–H groups in total. The minimum atomic E-state index is -0.449. The fourth-order valence-corrected chi connectivity index (χ4v) is 3.64. The highest BCUT2D eigenvalue weighted by Gasteiger charge is 2.39. The molecule has 24 heavy (non-hydrogen) atoms. The molecule has 2 aliphatic heterocycles. The quantitative estimate of drug-likeness (QED) is 0.894. The highest BCUT2D eigenvalue weighted by molar-refractivity contribution is 5.99. The largest absolute Gasteiger partial charge is 0.507 e. The lowest BCUT2D eigenvalue weighted by molar-refractivity contribution is -0.147. The molecular weight excluding hydrogens is 308 g/mol. The van der Waals surface area contributed by atoms with Crippen molar-refractivity contribution in [2.45, 2.75) is 44.9 Å². The van der Waals surface area contributed by atoms with E-state index in [4.69, 9.17) is 4.74 Å². The van der Waals surface area contributed by atoms with E-state index in [0.717, 1.165) is 6.42 Å². The Morgan fingerprint density at radius 1 is 1.17 bits per heavy atom. The van der Waals surface area contributed by atoms with Crippen LogP contribution in [0.2, 0.25) is 0 Å². The van der Waals surface area contributed by atoms with Crippen LogP contribution in [-0.2, 0) is 9.53 Å². The van der Waals surface area contributed by atoms with Gasteiger partial charge in [-0.05, 0) is 38.8 Å². The number of rotatable bonds is 2. The fraction of sp³-hybridized carbons (Fsp3) is 0.556. The van der Waals surface area contributed by atoms with Crippen LogP contribution >= 0.6 is 0 Å². The van der Waals surface area contributed by atoms with Gasteiger partial charge in [0.25, 0.3) is 5.91 Å². The summed E-state index contributed by atoms with van der Waals surface area (Å²) in [6.07, 6.45) is 1.46. The second kappa shape index (κ2) is 6.81. The zero-order valence-electron chi connectivity index (χ0n) is 14.1. The van der Waals surface area contributed by atoms with E-state index in [0.29, 0.717) is 26.1 Å². The van der Waals surface area contributed by atoms with E-state index in [-0.39, 0.29) is 35.3 Å². The Hall–Kier alpha value is -2.08. The number of likely N-dealkylation sites (tertiary alicyclic amines) is 1. The molecule has 2 fully saturated rings. The third-order valence-electron chi connectivity index (χ3n) is 4.66. The van der Waals surface area contributed by atoms with Crippen molar-refractivity contribution < 1.29 is 19.4 Å². The highest BCUT2D eigenvalue weighted by atomic mass is 16.5. The van der Waals surface area contributed by atoms with Crippen molar-refractivity contribution in [1.29, 1.82) is 0 Å². The third-order valence-corrected chi connectivity index (χ3v) is 4.66. The molecule has 130 valence electrons.